The first kappa shape index (κ1) is 17.1. The van der Waals surface area contributed by atoms with Crippen molar-refractivity contribution in [2.45, 2.75) is 32.6 Å². The van der Waals surface area contributed by atoms with Crippen LogP contribution in [0, 0.1) is 0 Å². The highest BCUT2D eigenvalue weighted by atomic mass is 16.5. The second-order valence-electron chi connectivity index (χ2n) is 5.45. The first-order chi connectivity index (χ1) is 11.3. The molecule has 2 aromatic rings. The highest BCUT2D eigenvalue weighted by Crippen LogP contribution is 2.14. The number of hydrogen-bond acceptors (Lipinski definition) is 3. The molecule has 2 aromatic carbocycles. The average molecular weight is 312 g/mol. The average Bonchev–Trinajstić information content (AvgIpc) is 2.60. The third kappa shape index (κ3) is 6.15. The molecule has 0 unspecified atom stereocenters. The van der Waals surface area contributed by atoms with E-state index in [9.17, 15) is 4.79 Å². The summed E-state index contributed by atoms with van der Waals surface area (Å²) in [6.07, 6.45) is 4.13. The summed E-state index contributed by atoms with van der Waals surface area (Å²) in [7, 11) is 0. The van der Waals surface area contributed by atoms with E-state index in [0.717, 1.165) is 24.2 Å². The van der Waals surface area contributed by atoms with Gasteiger partial charge in [0.2, 0.25) is 0 Å². The number of rotatable bonds is 9. The summed E-state index contributed by atoms with van der Waals surface area (Å²) in [6.45, 7) is 3.27. The molecule has 0 saturated carbocycles. The number of ether oxygens (including phenoxy) is 2. The monoisotopic (exact) mass is 312 g/mol. The van der Waals surface area contributed by atoms with Crippen LogP contribution in [0.25, 0.3) is 0 Å². The summed E-state index contributed by atoms with van der Waals surface area (Å²) in [5.41, 5.74) is 1.72. The van der Waals surface area contributed by atoms with Crippen LogP contribution in [-0.2, 0) is 11.2 Å². The van der Waals surface area contributed by atoms with Gasteiger partial charge in [0.15, 0.2) is 0 Å². The van der Waals surface area contributed by atoms with Gasteiger partial charge >= 0.3 is 5.97 Å². The number of benzene rings is 2. The zero-order valence-electron chi connectivity index (χ0n) is 13.7. The molecule has 0 spiro atoms. The summed E-state index contributed by atoms with van der Waals surface area (Å²) in [5.74, 6) is 0.500. The smallest absolute Gasteiger partial charge is 0.338 e. The van der Waals surface area contributed by atoms with E-state index < -0.39 is 0 Å². The van der Waals surface area contributed by atoms with Gasteiger partial charge in [-0.2, -0.15) is 0 Å². The Bertz CT molecular complexity index is 576. The fraction of sp³-hybridized carbons (Fsp3) is 0.350. The van der Waals surface area contributed by atoms with Gasteiger partial charge in [0, 0.05) is 6.42 Å². The van der Waals surface area contributed by atoms with Crippen LogP contribution in [0.5, 0.6) is 5.75 Å². The lowest BCUT2D eigenvalue weighted by molar-refractivity contribution is 0.0509. The zero-order chi connectivity index (χ0) is 16.3. The Morgan fingerprint density at radius 2 is 1.65 bits per heavy atom. The van der Waals surface area contributed by atoms with Gasteiger partial charge in [-0.05, 0) is 36.2 Å². The van der Waals surface area contributed by atoms with Crippen LogP contribution in [0.4, 0.5) is 0 Å². The maximum absolute atomic E-state index is 12.0. The molecule has 3 heteroatoms. The lowest BCUT2D eigenvalue weighted by atomic mass is 10.2. The number of unbranched alkanes of at least 4 members (excludes halogenated alkanes) is 2. The Balaban J connectivity index is 1.74. The molecule has 0 N–H and O–H groups in total. The Hall–Kier alpha value is -2.29. The van der Waals surface area contributed by atoms with Crippen LogP contribution >= 0.6 is 0 Å². The molecule has 2 rings (SSSR count). The molecule has 0 aliphatic heterocycles. The molecule has 23 heavy (non-hydrogen) atoms. The van der Waals surface area contributed by atoms with E-state index in [0.29, 0.717) is 18.8 Å². The fourth-order valence-electron chi connectivity index (χ4n) is 2.22. The van der Waals surface area contributed by atoms with E-state index >= 15 is 0 Å². The Kier molecular flexibility index (Phi) is 7.18. The number of esters is 1. The second kappa shape index (κ2) is 9.67. The highest BCUT2D eigenvalue weighted by molar-refractivity contribution is 5.89. The Labute approximate surface area is 138 Å². The molecule has 0 aliphatic carbocycles. The standard InChI is InChI=1S/C20H24O3/c1-2-3-7-15-22-19-12-10-18(11-13-19)20(21)23-16-14-17-8-5-4-6-9-17/h4-6,8-13H,2-3,7,14-16H2,1H3. The van der Waals surface area contributed by atoms with Crippen molar-refractivity contribution in [1.82, 2.24) is 0 Å². The molecule has 0 atom stereocenters. The van der Waals surface area contributed by atoms with Crippen LogP contribution < -0.4 is 4.74 Å². The number of carbonyl (C=O) groups excluding carboxylic acids is 1. The molecule has 0 amide bonds. The minimum absolute atomic E-state index is 0.293. The normalized spacial score (nSPS) is 10.3. The Morgan fingerprint density at radius 3 is 2.35 bits per heavy atom. The predicted molar refractivity (Wildman–Crippen MR) is 91.9 cm³/mol. The van der Waals surface area contributed by atoms with Gasteiger partial charge in [-0.25, -0.2) is 4.79 Å². The van der Waals surface area contributed by atoms with E-state index in [-0.39, 0.29) is 5.97 Å². The molecule has 0 aliphatic rings. The minimum Gasteiger partial charge on any atom is -0.494 e. The van der Waals surface area contributed by atoms with Crippen LogP contribution in [0.2, 0.25) is 0 Å². The summed E-state index contributed by atoms with van der Waals surface area (Å²) < 4.78 is 10.9. The molecular weight excluding hydrogens is 288 g/mol. The number of carbonyl (C=O) groups is 1. The van der Waals surface area contributed by atoms with E-state index in [1.165, 1.54) is 12.8 Å². The van der Waals surface area contributed by atoms with Crippen molar-refractivity contribution >= 4 is 5.97 Å². The summed E-state index contributed by atoms with van der Waals surface area (Å²) in [5, 5.41) is 0. The van der Waals surface area contributed by atoms with Crippen molar-refractivity contribution in [3.05, 3.63) is 65.7 Å². The van der Waals surface area contributed by atoms with Crippen LogP contribution in [-0.4, -0.2) is 19.2 Å². The van der Waals surface area contributed by atoms with Crippen molar-refractivity contribution in [3.8, 4) is 5.75 Å². The summed E-state index contributed by atoms with van der Waals surface area (Å²) in [4.78, 5) is 12.0. The van der Waals surface area contributed by atoms with E-state index in [1.807, 2.05) is 42.5 Å². The fourth-order valence-corrected chi connectivity index (χ4v) is 2.22. The molecule has 0 saturated heterocycles. The quantitative estimate of drug-likeness (QED) is 0.499. The molecule has 3 nitrogen and oxygen atoms in total. The van der Waals surface area contributed by atoms with Crippen LogP contribution in [0.1, 0.15) is 42.1 Å². The van der Waals surface area contributed by atoms with Gasteiger partial charge in [-0.1, -0.05) is 50.1 Å². The first-order valence-electron chi connectivity index (χ1n) is 8.23. The molecular formula is C20H24O3. The molecule has 0 radical (unpaired) electrons. The minimum atomic E-state index is -0.293. The topological polar surface area (TPSA) is 35.5 Å². The lowest BCUT2D eigenvalue weighted by Gasteiger charge is -2.07. The predicted octanol–water partition coefficient (Wildman–Crippen LogP) is 4.66. The maximum Gasteiger partial charge on any atom is 0.338 e. The van der Waals surface area contributed by atoms with Crippen molar-refractivity contribution < 1.29 is 14.3 Å². The zero-order valence-corrected chi connectivity index (χ0v) is 13.7. The summed E-state index contributed by atoms with van der Waals surface area (Å²) >= 11 is 0. The van der Waals surface area contributed by atoms with Crippen molar-refractivity contribution in [3.63, 3.8) is 0 Å². The maximum atomic E-state index is 12.0. The van der Waals surface area contributed by atoms with Gasteiger partial charge in [0.1, 0.15) is 5.75 Å². The number of hydrogen-bond donors (Lipinski definition) is 0. The third-order valence-electron chi connectivity index (χ3n) is 3.57. The molecule has 0 aromatic heterocycles. The molecule has 0 bridgehead atoms. The summed E-state index contributed by atoms with van der Waals surface area (Å²) in [6, 6.07) is 17.1. The SMILES string of the molecule is CCCCCOc1ccc(C(=O)OCCc2ccccc2)cc1. The second-order valence-corrected chi connectivity index (χ2v) is 5.45. The van der Waals surface area contributed by atoms with Gasteiger partial charge in [-0.15, -0.1) is 0 Å². The van der Waals surface area contributed by atoms with Gasteiger partial charge < -0.3 is 9.47 Å². The van der Waals surface area contributed by atoms with Crippen LogP contribution in [0.15, 0.2) is 54.6 Å². The van der Waals surface area contributed by atoms with Gasteiger partial charge in [-0.3, -0.25) is 0 Å². The Morgan fingerprint density at radius 1 is 0.913 bits per heavy atom. The highest BCUT2D eigenvalue weighted by Gasteiger charge is 2.07. The lowest BCUT2D eigenvalue weighted by Crippen LogP contribution is -2.08. The van der Waals surface area contributed by atoms with Crippen molar-refractivity contribution in [2.75, 3.05) is 13.2 Å². The molecule has 122 valence electrons. The van der Waals surface area contributed by atoms with E-state index in [2.05, 4.69) is 6.92 Å². The van der Waals surface area contributed by atoms with Gasteiger partial charge in [0.05, 0.1) is 18.8 Å². The van der Waals surface area contributed by atoms with Crippen molar-refractivity contribution in [1.29, 1.82) is 0 Å². The van der Waals surface area contributed by atoms with Gasteiger partial charge in [0.25, 0.3) is 0 Å². The van der Waals surface area contributed by atoms with E-state index in [4.69, 9.17) is 9.47 Å². The first-order valence-corrected chi connectivity index (χ1v) is 8.23. The molecule has 0 fully saturated rings. The van der Waals surface area contributed by atoms with Crippen LogP contribution in [0.3, 0.4) is 0 Å². The third-order valence-corrected chi connectivity index (χ3v) is 3.57. The van der Waals surface area contributed by atoms with E-state index in [1.54, 1.807) is 12.1 Å². The van der Waals surface area contributed by atoms with Crippen molar-refractivity contribution in [2.24, 2.45) is 0 Å². The molecule has 0 heterocycles. The largest absolute Gasteiger partial charge is 0.494 e.